The molecular weight excluding hydrogens is 336 g/mol. The SMILES string of the molecule is Cc1ccc(C)c(O[C@H](C)C(=O)NCc2cccc(CN3CCCC3)c2)c1. The van der Waals surface area contributed by atoms with Gasteiger partial charge in [-0.05, 0) is 75.0 Å². The number of ether oxygens (including phenoxy) is 1. The number of likely N-dealkylation sites (tertiary alicyclic amines) is 1. The Morgan fingerprint density at radius 1 is 1.11 bits per heavy atom. The summed E-state index contributed by atoms with van der Waals surface area (Å²) in [5.74, 6) is 0.672. The largest absolute Gasteiger partial charge is 0.481 e. The highest BCUT2D eigenvalue weighted by Crippen LogP contribution is 2.20. The molecule has 0 radical (unpaired) electrons. The first-order valence-corrected chi connectivity index (χ1v) is 9.83. The molecule has 144 valence electrons. The second-order valence-electron chi connectivity index (χ2n) is 7.55. The van der Waals surface area contributed by atoms with Crippen LogP contribution in [-0.2, 0) is 17.9 Å². The highest BCUT2D eigenvalue weighted by Gasteiger charge is 2.16. The Hall–Kier alpha value is -2.33. The lowest BCUT2D eigenvalue weighted by molar-refractivity contribution is -0.127. The lowest BCUT2D eigenvalue weighted by atomic mass is 10.1. The molecule has 4 heteroatoms. The topological polar surface area (TPSA) is 41.6 Å². The van der Waals surface area contributed by atoms with E-state index in [0.29, 0.717) is 6.54 Å². The van der Waals surface area contributed by atoms with Crippen LogP contribution in [-0.4, -0.2) is 30.0 Å². The molecule has 1 heterocycles. The molecule has 2 aromatic rings. The van der Waals surface area contributed by atoms with Gasteiger partial charge in [-0.3, -0.25) is 9.69 Å². The van der Waals surface area contributed by atoms with Gasteiger partial charge in [0.15, 0.2) is 6.10 Å². The van der Waals surface area contributed by atoms with E-state index in [2.05, 4.69) is 34.5 Å². The molecule has 1 atom stereocenters. The zero-order chi connectivity index (χ0) is 19.2. The summed E-state index contributed by atoms with van der Waals surface area (Å²) in [4.78, 5) is 14.9. The van der Waals surface area contributed by atoms with Crippen LogP contribution >= 0.6 is 0 Å². The van der Waals surface area contributed by atoms with E-state index < -0.39 is 6.10 Å². The van der Waals surface area contributed by atoms with E-state index >= 15 is 0 Å². The Kier molecular flexibility index (Phi) is 6.51. The average Bonchev–Trinajstić information content (AvgIpc) is 3.16. The Morgan fingerprint density at radius 2 is 1.85 bits per heavy atom. The summed E-state index contributed by atoms with van der Waals surface area (Å²) < 4.78 is 5.87. The van der Waals surface area contributed by atoms with E-state index in [-0.39, 0.29) is 5.91 Å². The summed E-state index contributed by atoms with van der Waals surface area (Å²) in [6.07, 6.45) is 2.07. The zero-order valence-corrected chi connectivity index (χ0v) is 16.6. The first-order chi connectivity index (χ1) is 13.0. The summed E-state index contributed by atoms with van der Waals surface area (Å²) in [6.45, 7) is 9.70. The maximum atomic E-state index is 12.4. The van der Waals surface area contributed by atoms with Gasteiger partial charge in [-0.25, -0.2) is 0 Å². The molecule has 0 aliphatic carbocycles. The Balaban J connectivity index is 1.52. The number of nitrogens with one attached hydrogen (secondary N) is 1. The van der Waals surface area contributed by atoms with Crippen LogP contribution in [0, 0.1) is 13.8 Å². The van der Waals surface area contributed by atoms with E-state index in [4.69, 9.17) is 4.74 Å². The third kappa shape index (κ3) is 5.57. The van der Waals surface area contributed by atoms with Crippen molar-refractivity contribution in [2.75, 3.05) is 13.1 Å². The smallest absolute Gasteiger partial charge is 0.261 e. The van der Waals surface area contributed by atoms with Gasteiger partial charge in [0.1, 0.15) is 5.75 Å². The number of amides is 1. The molecule has 1 amide bonds. The number of rotatable bonds is 7. The van der Waals surface area contributed by atoms with Gasteiger partial charge < -0.3 is 10.1 Å². The highest BCUT2D eigenvalue weighted by atomic mass is 16.5. The maximum Gasteiger partial charge on any atom is 0.261 e. The second kappa shape index (κ2) is 9.05. The van der Waals surface area contributed by atoms with Crippen LogP contribution in [0.2, 0.25) is 0 Å². The summed E-state index contributed by atoms with van der Waals surface area (Å²) in [5, 5.41) is 3.00. The van der Waals surface area contributed by atoms with E-state index in [0.717, 1.165) is 29.0 Å². The number of carbonyl (C=O) groups is 1. The van der Waals surface area contributed by atoms with Crippen molar-refractivity contribution < 1.29 is 9.53 Å². The summed E-state index contributed by atoms with van der Waals surface area (Å²) >= 11 is 0. The molecule has 0 saturated carbocycles. The number of carbonyl (C=O) groups excluding carboxylic acids is 1. The normalized spacial score (nSPS) is 15.5. The number of hydrogen-bond acceptors (Lipinski definition) is 3. The van der Waals surface area contributed by atoms with Crippen molar-refractivity contribution in [1.82, 2.24) is 10.2 Å². The van der Waals surface area contributed by atoms with Crippen molar-refractivity contribution in [3.8, 4) is 5.75 Å². The third-order valence-corrected chi connectivity index (χ3v) is 5.08. The number of benzene rings is 2. The molecule has 4 nitrogen and oxygen atoms in total. The molecule has 0 aromatic heterocycles. The molecule has 0 unspecified atom stereocenters. The quantitative estimate of drug-likeness (QED) is 0.806. The van der Waals surface area contributed by atoms with Crippen molar-refractivity contribution in [1.29, 1.82) is 0 Å². The van der Waals surface area contributed by atoms with Crippen molar-refractivity contribution in [2.24, 2.45) is 0 Å². The summed E-state index contributed by atoms with van der Waals surface area (Å²) in [5.41, 5.74) is 4.59. The molecule has 1 aliphatic heterocycles. The summed E-state index contributed by atoms with van der Waals surface area (Å²) in [6, 6.07) is 14.5. The number of hydrogen-bond donors (Lipinski definition) is 1. The monoisotopic (exact) mass is 366 g/mol. The molecule has 0 spiro atoms. The van der Waals surface area contributed by atoms with Crippen molar-refractivity contribution in [3.63, 3.8) is 0 Å². The first-order valence-electron chi connectivity index (χ1n) is 9.83. The number of nitrogens with zero attached hydrogens (tertiary/aromatic N) is 1. The van der Waals surface area contributed by atoms with Crippen LogP contribution in [0.3, 0.4) is 0 Å². The van der Waals surface area contributed by atoms with Crippen LogP contribution in [0.4, 0.5) is 0 Å². The second-order valence-corrected chi connectivity index (χ2v) is 7.55. The van der Waals surface area contributed by atoms with Crippen LogP contribution in [0.1, 0.15) is 42.0 Å². The van der Waals surface area contributed by atoms with Gasteiger partial charge in [-0.2, -0.15) is 0 Å². The van der Waals surface area contributed by atoms with Gasteiger partial charge in [0, 0.05) is 13.1 Å². The third-order valence-electron chi connectivity index (χ3n) is 5.08. The lowest BCUT2D eigenvalue weighted by Gasteiger charge is -2.17. The van der Waals surface area contributed by atoms with Crippen molar-refractivity contribution >= 4 is 5.91 Å². The van der Waals surface area contributed by atoms with Crippen LogP contribution in [0.15, 0.2) is 42.5 Å². The van der Waals surface area contributed by atoms with E-state index in [1.54, 1.807) is 6.92 Å². The van der Waals surface area contributed by atoms with E-state index in [1.165, 1.54) is 31.5 Å². The predicted octanol–water partition coefficient (Wildman–Crippen LogP) is 3.98. The fourth-order valence-corrected chi connectivity index (χ4v) is 3.45. The molecule has 3 rings (SSSR count). The van der Waals surface area contributed by atoms with E-state index in [1.807, 2.05) is 32.0 Å². The molecule has 1 fully saturated rings. The van der Waals surface area contributed by atoms with Gasteiger partial charge >= 0.3 is 0 Å². The highest BCUT2D eigenvalue weighted by molar-refractivity contribution is 5.80. The van der Waals surface area contributed by atoms with Gasteiger partial charge in [0.05, 0.1) is 0 Å². The minimum absolute atomic E-state index is 0.0964. The summed E-state index contributed by atoms with van der Waals surface area (Å²) in [7, 11) is 0. The molecule has 1 N–H and O–H groups in total. The number of aryl methyl sites for hydroxylation is 2. The molecule has 27 heavy (non-hydrogen) atoms. The van der Waals surface area contributed by atoms with E-state index in [9.17, 15) is 4.79 Å². The lowest BCUT2D eigenvalue weighted by Crippen LogP contribution is -2.36. The van der Waals surface area contributed by atoms with Crippen molar-refractivity contribution in [2.45, 2.75) is 52.8 Å². The van der Waals surface area contributed by atoms with Gasteiger partial charge in [-0.15, -0.1) is 0 Å². The Labute approximate surface area is 162 Å². The maximum absolute atomic E-state index is 12.4. The minimum atomic E-state index is -0.529. The molecule has 1 saturated heterocycles. The van der Waals surface area contributed by atoms with Crippen LogP contribution < -0.4 is 10.1 Å². The van der Waals surface area contributed by atoms with Gasteiger partial charge in [0.2, 0.25) is 0 Å². The average molecular weight is 367 g/mol. The van der Waals surface area contributed by atoms with Gasteiger partial charge in [0.25, 0.3) is 5.91 Å². The van der Waals surface area contributed by atoms with Crippen molar-refractivity contribution in [3.05, 3.63) is 64.7 Å². The molecule has 1 aliphatic rings. The first kappa shape index (κ1) is 19.4. The molecule has 0 bridgehead atoms. The van der Waals surface area contributed by atoms with Crippen LogP contribution in [0.5, 0.6) is 5.75 Å². The fourth-order valence-electron chi connectivity index (χ4n) is 3.45. The minimum Gasteiger partial charge on any atom is -0.481 e. The van der Waals surface area contributed by atoms with Crippen LogP contribution in [0.25, 0.3) is 0 Å². The fraction of sp³-hybridized carbons (Fsp3) is 0.435. The molecule has 2 aromatic carbocycles. The molecular formula is C23H30N2O2. The predicted molar refractivity (Wildman–Crippen MR) is 109 cm³/mol. The zero-order valence-electron chi connectivity index (χ0n) is 16.6. The Morgan fingerprint density at radius 3 is 2.63 bits per heavy atom. The standard InChI is InChI=1S/C23H30N2O2/c1-17-9-10-18(2)22(13-17)27-19(3)23(26)24-15-20-7-6-8-21(14-20)16-25-11-4-5-12-25/h6-10,13-14,19H,4-5,11-12,15-16H2,1-3H3,(H,24,26)/t19-/m1/s1. The van der Waals surface area contributed by atoms with Gasteiger partial charge in [-0.1, -0.05) is 36.4 Å². The Bertz CT molecular complexity index is 782.